The van der Waals surface area contributed by atoms with Crippen molar-refractivity contribution in [1.29, 1.82) is 0 Å². The Balaban J connectivity index is 1.82. The molecule has 6 heteroatoms. The molecule has 0 saturated carbocycles. The summed E-state index contributed by atoms with van der Waals surface area (Å²) in [4.78, 5) is 26.0. The molecule has 1 N–H and O–H groups in total. The second-order valence-corrected chi connectivity index (χ2v) is 5.38. The molecular formula is C17H24N2O4. The number of hydrogen-bond donors (Lipinski definition) is 1. The normalized spacial score (nSPS) is 17.7. The monoisotopic (exact) mass is 320 g/mol. The average Bonchev–Trinajstić information content (AvgIpc) is 2.60. The third-order valence-electron chi connectivity index (χ3n) is 3.77. The Hall–Kier alpha value is -2.08. The Morgan fingerprint density at radius 1 is 1.30 bits per heavy atom. The molecule has 1 aromatic carbocycles. The van der Waals surface area contributed by atoms with Crippen molar-refractivity contribution in [1.82, 2.24) is 10.2 Å². The molecule has 1 aromatic rings. The molecule has 1 fully saturated rings. The highest BCUT2D eigenvalue weighted by molar-refractivity contribution is 5.96. The van der Waals surface area contributed by atoms with Crippen molar-refractivity contribution in [3.8, 4) is 5.75 Å². The molecule has 1 unspecified atom stereocenters. The largest absolute Gasteiger partial charge is 0.494 e. The summed E-state index contributed by atoms with van der Waals surface area (Å²) in [5, 5.41) is 2.67. The van der Waals surface area contributed by atoms with Gasteiger partial charge in [0.15, 0.2) is 0 Å². The second kappa shape index (κ2) is 8.53. The van der Waals surface area contributed by atoms with Crippen LogP contribution in [-0.2, 0) is 9.53 Å². The highest BCUT2D eigenvalue weighted by Crippen LogP contribution is 2.12. The van der Waals surface area contributed by atoms with E-state index in [1.807, 2.05) is 13.8 Å². The zero-order chi connectivity index (χ0) is 16.7. The van der Waals surface area contributed by atoms with Crippen molar-refractivity contribution in [2.45, 2.75) is 26.4 Å². The average molecular weight is 320 g/mol. The summed E-state index contributed by atoms with van der Waals surface area (Å²) < 4.78 is 10.9. The van der Waals surface area contributed by atoms with E-state index in [9.17, 15) is 9.59 Å². The van der Waals surface area contributed by atoms with Crippen LogP contribution >= 0.6 is 0 Å². The van der Waals surface area contributed by atoms with Gasteiger partial charge < -0.3 is 19.7 Å². The molecule has 1 heterocycles. The molecule has 0 spiro atoms. The first-order valence-electron chi connectivity index (χ1n) is 8.04. The van der Waals surface area contributed by atoms with Crippen LogP contribution in [0.5, 0.6) is 5.75 Å². The minimum absolute atomic E-state index is 0.00246. The fraction of sp³-hybridized carbons (Fsp3) is 0.529. The SMILES string of the molecule is CCOc1ccc(C(=O)NCC(=O)N2CCOC(CC)C2)cc1. The number of hydrogen-bond acceptors (Lipinski definition) is 4. The highest BCUT2D eigenvalue weighted by Gasteiger charge is 2.23. The summed E-state index contributed by atoms with van der Waals surface area (Å²) in [6.45, 7) is 6.24. The van der Waals surface area contributed by atoms with Crippen molar-refractivity contribution in [2.75, 3.05) is 32.8 Å². The third-order valence-corrected chi connectivity index (χ3v) is 3.77. The van der Waals surface area contributed by atoms with E-state index in [4.69, 9.17) is 9.47 Å². The van der Waals surface area contributed by atoms with Gasteiger partial charge in [0, 0.05) is 18.7 Å². The first-order valence-corrected chi connectivity index (χ1v) is 8.04. The molecule has 0 radical (unpaired) electrons. The quantitative estimate of drug-likeness (QED) is 0.861. The van der Waals surface area contributed by atoms with Crippen LogP contribution in [0.1, 0.15) is 30.6 Å². The van der Waals surface area contributed by atoms with Crippen LogP contribution in [0.2, 0.25) is 0 Å². The number of nitrogens with zero attached hydrogens (tertiary/aromatic N) is 1. The first kappa shape index (κ1) is 17.3. The van der Waals surface area contributed by atoms with E-state index in [2.05, 4.69) is 5.32 Å². The molecule has 1 aliphatic heterocycles. The molecule has 126 valence electrons. The van der Waals surface area contributed by atoms with Gasteiger partial charge in [0.1, 0.15) is 5.75 Å². The Morgan fingerprint density at radius 2 is 2.04 bits per heavy atom. The molecule has 6 nitrogen and oxygen atoms in total. The van der Waals surface area contributed by atoms with E-state index in [1.165, 1.54) is 0 Å². The molecular weight excluding hydrogens is 296 g/mol. The number of carbonyl (C=O) groups excluding carboxylic acids is 2. The van der Waals surface area contributed by atoms with Crippen LogP contribution in [0.15, 0.2) is 24.3 Å². The van der Waals surface area contributed by atoms with Crippen molar-refractivity contribution in [3.05, 3.63) is 29.8 Å². The summed E-state index contributed by atoms with van der Waals surface area (Å²) in [5.74, 6) is 0.381. The number of carbonyl (C=O) groups is 2. The second-order valence-electron chi connectivity index (χ2n) is 5.38. The van der Waals surface area contributed by atoms with Crippen LogP contribution in [-0.4, -0.2) is 55.7 Å². The lowest BCUT2D eigenvalue weighted by atomic mass is 10.2. The van der Waals surface area contributed by atoms with Gasteiger partial charge in [-0.25, -0.2) is 0 Å². The predicted molar refractivity (Wildman–Crippen MR) is 86.6 cm³/mol. The van der Waals surface area contributed by atoms with Gasteiger partial charge in [-0.2, -0.15) is 0 Å². The number of nitrogens with one attached hydrogen (secondary N) is 1. The summed E-state index contributed by atoms with van der Waals surface area (Å²) in [6, 6.07) is 6.86. The standard InChI is InChI=1S/C17H24N2O4/c1-3-14-12-19(9-10-23-14)16(20)11-18-17(21)13-5-7-15(8-6-13)22-4-2/h5-8,14H,3-4,9-12H2,1-2H3,(H,18,21). The van der Waals surface area contributed by atoms with Gasteiger partial charge in [0.2, 0.25) is 5.91 Å². The topological polar surface area (TPSA) is 67.9 Å². The number of amides is 2. The molecule has 0 aliphatic carbocycles. The molecule has 0 aromatic heterocycles. The van der Waals surface area contributed by atoms with E-state index in [1.54, 1.807) is 29.2 Å². The number of benzene rings is 1. The fourth-order valence-corrected chi connectivity index (χ4v) is 2.43. The van der Waals surface area contributed by atoms with Gasteiger partial charge in [0.25, 0.3) is 5.91 Å². The maximum absolute atomic E-state index is 12.2. The first-order chi connectivity index (χ1) is 11.1. The van der Waals surface area contributed by atoms with Gasteiger partial charge in [-0.1, -0.05) is 6.92 Å². The molecule has 1 saturated heterocycles. The summed E-state index contributed by atoms with van der Waals surface area (Å²) in [6.07, 6.45) is 0.969. The smallest absolute Gasteiger partial charge is 0.251 e. The number of morpholine rings is 1. The van der Waals surface area contributed by atoms with Crippen LogP contribution < -0.4 is 10.1 Å². The molecule has 1 aliphatic rings. The van der Waals surface area contributed by atoms with E-state index in [-0.39, 0.29) is 24.5 Å². The van der Waals surface area contributed by atoms with Crippen LogP contribution in [0.25, 0.3) is 0 Å². The van der Waals surface area contributed by atoms with E-state index in [0.717, 1.165) is 12.2 Å². The van der Waals surface area contributed by atoms with E-state index in [0.29, 0.717) is 31.9 Å². The molecule has 0 bridgehead atoms. The van der Waals surface area contributed by atoms with Crippen molar-refractivity contribution in [3.63, 3.8) is 0 Å². The zero-order valence-electron chi connectivity index (χ0n) is 13.7. The van der Waals surface area contributed by atoms with Gasteiger partial charge in [-0.05, 0) is 37.6 Å². The highest BCUT2D eigenvalue weighted by atomic mass is 16.5. The van der Waals surface area contributed by atoms with Crippen LogP contribution in [0.3, 0.4) is 0 Å². The molecule has 23 heavy (non-hydrogen) atoms. The number of ether oxygens (including phenoxy) is 2. The van der Waals surface area contributed by atoms with Crippen molar-refractivity contribution < 1.29 is 19.1 Å². The molecule has 2 rings (SSSR count). The lowest BCUT2D eigenvalue weighted by Crippen LogP contribution is -2.48. The van der Waals surface area contributed by atoms with E-state index < -0.39 is 0 Å². The van der Waals surface area contributed by atoms with Crippen LogP contribution in [0, 0.1) is 0 Å². The lowest BCUT2D eigenvalue weighted by Gasteiger charge is -2.32. The molecule has 2 amide bonds. The predicted octanol–water partition coefficient (Wildman–Crippen LogP) is 1.45. The van der Waals surface area contributed by atoms with Crippen molar-refractivity contribution >= 4 is 11.8 Å². The van der Waals surface area contributed by atoms with E-state index >= 15 is 0 Å². The minimum Gasteiger partial charge on any atom is -0.494 e. The van der Waals surface area contributed by atoms with Gasteiger partial charge in [0.05, 0.1) is 25.9 Å². The maximum atomic E-state index is 12.2. The lowest BCUT2D eigenvalue weighted by molar-refractivity contribution is -0.137. The van der Waals surface area contributed by atoms with Gasteiger partial charge >= 0.3 is 0 Å². The summed E-state index contributed by atoms with van der Waals surface area (Å²) in [5.41, 5.74) is 0.509. The Bertz CT molecular complexity index is 530. The fourth-order valence-electron chi connectivity index (χ4n) is 2.43. The van der Waals surface area contributed by atoms with Crippen LogP contribution in [0.4, 0.5) is 0 Å². The summed E-state index contributed by atoms with van der Waals surface area (Å²) in [7, 11) is 0. The van der Waals surface area contributed by atoms with Gasteiger partial charge in [-0.3, -0.25) is 9.59 Å². The zero-order valence-corrected chi connectivity index (χ0v) is 13.7. The number of rotatable bonds is 6. The maximum Gasteiger partial charge on any atom is 0.251 e. The third kappa shape index (κ3) is 4.96. The van der Waals surface area contributed by atoms with Gasteiger partial charge in [-0.15, -0.1) is 0 Å². The Kier molecular flexibility index (Phi) is 6.40. The minimum atomic E-state index is -0.262. The summed E-state index contributed by atoms with van der Waals surface area (Å²) >= 11 is 0. The Morgan fingerprint density at radius 3 is 2.70 bits per heavy atom. The van der Waals surface area contributed by atoms with Crippen molar-refractivity contribution in [2.24, 2.45) is 0 Å². The molecule has 1 atom stereocenters. The Labute approximate surface area is 136 Å².